The Morgan fingerprint density at radius 3 is 2.52 bits per heavy atom. The zero-order valence-electron chi connectivity index (χ0n) is 16.4. The van der Waals surface area contributed by atoms with E-state index in [1.807, 2.05) is 21.9 Å². The van der Waals surface area contributed by atoms with Gasteiger partial charge in [0.25, 0.3) is 0 Å². The first kappa shape index (κ1) is 18.5. The van der Waals surface area contributed by atoms with E-state index in [2.05, 4.69) is 24.4 Å². The Morgan fingerprint density at radius 2 is 1.78 bits per heavy atom. The molecule has 1 aromatic carbocycles. The van der Waals surface area contributed by atoms with Gasteiger partial charge in [0.2, 0.25) is 11.8 Å². The number of hydrogen-bond acceptors (Lipinski definition) is 3. The van der Waals surface area contributed by atoms with Gasteiger partial charge in [0.1, 0.15) is 0 Å². The molecular weight excluding hydrogens is 338 g/mol. The molecule has 1 N–H and O–H groups in total. The molecule has 3 fully saturated rings. The molecule has 2 aliphatic heterocycles. The van der Waals surface area contributed by atoms with E-state index in [9.17, 15) is 9.59 Å². The summed E-state index contributed by atoms with van der Waals surface area (Å²) in [5, 5.41) is 3.47. The van der Waals surface area contributed by atoms with Gasteiger partial charge in [0.05, 0.1) is 11.8 Å². The summed E-state index contributed by atoms with van der Waals surface area (Å²) < 4.78 is 0. The minimum absolute atomic E-state index is 0.169. The van der Waals surface area contributed by atoms with Crippen LogP contribution in [0.5, 0.6) is 0 Å². The van der Waals surface area contributed by atoms with Crippen LogP contribution in [0.15, 0.2) is 24.3 Å². The van der Waals surface area contributed by atoms with Crippen molar-refractivity contribution in [3.05, 3.63) is 35.4 Å². The van der Waals surface area contributed by atoms with Crippen molar-refractivity contribution in [1.82, 2.24) is 15.1 Å². The Bertz CT molecular complexity index is 694. The number of carbonyl (C=O) groups is 2. The van der Waals surface area contributed by atoms with E-state index in [1.54, 1.807) is 0 Å². The zero-order valence-corrected chi connectivity index (χ0v) is 16.4. The molecule has 146 valence electrons. The van der Waals surface area contributed by atoms with Gasteiger partial charge in [-0.25, -0.2) is 0 Å². The maximum Gasteiger partial charge on any atom is 0.230 e. The molecule has 1 aromatic rings. The third-order valence-electron chi connectivity index (χ3n) is 6.86. The molecule has 5 nitrogen and oxygen atoms in total. The predicted molar refractivity (Wildman–Crippen MR) is 105 cm³/mol. The summed E-state index contributed by atoms with van der Waals surface area (Å²) in [5.41, 5.74) is 2.09. The average Bonchev–Trinajstić information content (AvgIpc) is 3.14. The lowest BCUT2D eigenvalue weighted by Crippen LogP contribution is -2.56. The van der Waals surface area contributed by atoms with Crippen molar-refractivity contribution in [2.24, 2.45) is 11.3 Å². The van der Waals surface area contributed by atoms with Crippen molar-refractivity contribution in [2.45, 2.75) is 39.0 Å². The summed E-state index contributed by atoms with van der Waals surface area (Å²) in [6, 6.07) is 8.16. The second-order valence-electron chi connectivity index (χ2n) is 8.57. The summed E-state index contributed by atoms with van der Waals surface area (Å²) in [7, 11) is 0. The zero-order chi connectivity index (χ0) is 18.9. The Morgan fingerprint density at radius 1 is 1.07 bits per heavy atom. The van der Waals surface area contributed by atoms with Crippen LogP contribution in [0.1, 0.15) is 36.8 Å². The first-order valence-electron chi connectivity index (χ1n) is 10.4. The van der Waals surface area contributed by atoms with E-state index in [4.69, 9.17) is 0 Å². The molecule has 2 saturated heterocycles. The predicted octanol–water partition coefficient (Wildman–Crippen LogP) is 1.99. The average molecular weight is 370 g/mol. The van der Waals surface area contributed by atoms with Gasteiger partial charge in [0, 0.05) is 32.7 Å². The second-order valence-corrected chi connectivity index (χ2v) is 8.57. The number of carbonyl (C=O) groups excluding carboxylic acids is 2. The number of benzene rings is 1. The van der Waals surface area contributed by atoms with Crippen molar-refractivity contribution in [3.8, 4) is 0 Å². The van der Waals surface area contributed by atoms with Gasteiger partial charge >= 0.3 is 0 Å². The minimum Gasteiger partial charge on any atom is -0.339 e. The molecule has 2 amide bonds. The lowest BCUT2D eigenvalue weighted by atomic mass is 9.67. The molecule has 0 radical (unpaired) electrons. The van der Waals surface area contributed by atoms with E-state index in [-0.39, 0.29) is 11.3 Å². The first-order chi connectivity index (χ1) is 13.1. The van der Waals surface area contributed by atoms with Gasteiger partial charge in [0.15, 0.2) is 0 Å². The van der Waals surface area contributed by atoms with Gasteiger partial charge in [-0.3, -0.25) is 9.59 Å². The van der Waals surface area contributed by atoms with Crippen molar-refractivity contribution in [3.63, 3.8) is 0 Å². The molecule has 5 heteroatoms. The van der Waals surface area contributed by atoms with Crippen LogP contribution < -0.4 is 5.32 Å². The monoisotopic (exact) mass is 369 g/mol. The van der Waals surface area contributed by atoms with E-state index in [1.165, 1.54) is 24.8 Å². The summed E-state index contributed by atoms with van der Waals surface area (Å²) in [5.74, 6) is 1.00. The topological polar surface area (TPSA) is 52.7 Å². The lowest BCUT2D eigenvalue weighted by Gasteiger charge is -2.43. The molecule has 2 atom stereocenters. The fourth-order valence-electron chi connectivity index (χ4n) is 5.13. The molecule has 0 spiro atoms. The van der Waals surface area contributed by atoms with Crippen LogP contribution in [0.4, 0.5) is 0 Å². The Hall–Kier alpha value is -1.88. The minimum atomic E-state index is -0.174. The number of hydrogen-bond donors (Lipinski definition) is 1. The van der Waals surface area contributed by atoms with E-state index < -0.39 is 0 Å². The number of nitrogens with zero attached hydrogens (tertiary/aromatic N) is 2. The Balaban J connectivity index is 1.34. The van der Waals surface area contributed by atoms with Gasteiger partial charge in [-0.2, -0.15) is 0 Å². The van der Waals surface area contributed by atoms with Crippen LogP contribution in [0.2, 0.25) is 0 Å². The fraction of sp³-hybridized carbons (Fsp3) is 0.636. The molecule has 1 aliphatic carbocycles. The molecule has 0 unspecified atom stereocenters. The van der Waals surface area contributed by atoms with Gasteiger partial charge < -0.3 is 15.1 Å². The van der Waals surface area contributed by atoms with E-state index >= 15 is 0 Å². The van der Waals surface area contributed by atoms with E-state index in [0.29, 0.717) is 44.4 Å². The summed E-state index contributed by atoms with van der Waals surface area (Å²) >= 11 is 0. The third-order valence-corrected chi connectivity index (χ3v) is 6.86. The van der Waals surface area contributed by atoms with Gasteiger partial charge in [-0.1, -0.05) is 42.7 Å². The Kier molecular flexibility index (Phi) is 5.22. The van der Waals surface area contributed by atoms with Crippen molar-refractivity contribution < 1.29 is 9.59 Å². The molecule has 0 bridgehead atoms. The van der Waals surface area contributed by atoms with Crippen LogP contribution in [-0.2, 0) is 16.0 Å². The fourth-order valence-corrected chi connectivity index (χ4v) is 5.13. The molecule has 4 rings (SSSR count). The quantitative estimate of drug-likeness (QED) is 0.887. The highest BCUT2D eigenvalue weighted by molar-refractivity contribution is 5.85. The smallest absolute Gasteiger partial charge is 0.230 e. The number of aryl methyl sites for hydroxylation is 1. The van der Waals surface area contributed by atoms with Crippen LogP contribution in [-0.4, -0.2) is 60.9 Å². The van der Waals surface area contributed by atoms with Crippen molar-refractivity contribution in [2.75, 3.05) is 39.3 Å². The molecular formula is C22H31N3O2. The highest BCUT2D eigenvalue weighted by Gasteiger charge is 2.51. The lowest BCUT2D eigenvalue weighted by molar-refractivity contribution is -0.149. The normalized spacial score (nSPS) is 28.1. The molecule has 3 aliphatic rings. The number of amides is 2. The standard InChI is InChI=1S/C22H31N3O2/c1-17-5-7-18(8-6-17)14-20(26)24-10-12-25(13-11-24)21(27)22-9-3-2-4-19(22)15-23-16-22/h5-8,19,23H,2-4,9-16H2,1H3/t19-,22+/m0/s1. The van der Waals surface area contributed by atoms with Crippen LogP contribution in [0.3, 0.4) is 0 Å². The van der Waals surface area contributed by atoms with Crippen molar-refractivity contribution >= 4 is 11.8 Å². The number of rotatable bonds is 3. The number of nitrogens with one attached hydrogen (secondary N) is 1. The second kappa shape index (κ2) is 7.63. The van der Waals surface area contributed by atoms with Crippen LogP contribution in [0.25, 0.3) is 0 Å². The van der Waals surface area contributed by atoms with Gasteiger partial charge in [-0.05, 0) is 37.8 Å². The highest BCUT2D eigenvalue weighted by atomic mass is 16.2. The van der Waals surface area contributed by atoms with Crippen molar-refractivity contribution in [1.29, 1.82) is 0 Å². The molecule has 27 heavy (non-hydrogen) atoms. The third kappa shape index (κ3) is 3.62. The van der Waals surface area contributed by atoms with E-state index in [0.717, 1.165) is 25.1 Å². The molecule has 2 heterocycles. The SMILES string of the molecule is Cc1ccc(CC(=O)N2CCN(C(=O)[C@@]34CCCC[C@H]3CNC4)CC2)cc1. The first-order valence-corrected chi connectivity index (χ1v) is 10.4. The summed E-state index contributed by atoms with van der Waals surface area (Å²) in [6.45, 7) is 6.54. The maximum atomic E-state index is 13.3. The summed E-state index contributed by atoms with van der Waals surface area (Å²) in [4.78, 5) is 29.9. The maximum absolute atomic E-state index is 13.3. The largest absolute Gasteiger partial charge is 0.339 e. The molecule has 0 aromatic heterocycles. The van der Waals surface area contributed by atoms with Crippen LogP contribution >= 0.6 is 0 Å². The summed E-state index contributed by atoms with van der Waals surface area (Å²) in [6.07, 6.45) is 5.07. The Labute approximate surface area is 162 Å². The number of piperazine rings is 1. The number of fused-ring (bicyclic) bond motifs is 1. The van der Waals surface area contributed by atoms with Crippen LogP contribution in [0, 0.1) is 18.3 Å². The molecule has 1 saturated carbocycles. The van der Waals surface area contributed by atoms with Gasteiger partial charge in [-0.15, -0.1) is 0 Å². The highest BCUT2D eigenvalue weighted by Crippen LogP contribution is 2.45.